The van der Waals surface area contributed by atoms with Crippen LogP contribution in [-0.2, 0) is 25.7 Å². The average molecular weight is 437 g/mol. The van der Waals surface area contributed by atoms with E-state index >= 15 is 0 Å². The Kier molecular flexibility index (Phi) is 7.40. The molecular weight excluding hydrogens is 410 g/mol. The van der Waals surface area contributed by atoms with Gasteiger partial charge in [0.2, 0.25) is 17.7 Å². The number of likely N-dealkylation sites (tertiary alicyclic amines) is 1. The van der Waals surface area contributed by atoms with Crippen LogP contribution >= 0.6 is 0 Å². The van der Waals surface area contributed by atoms with Gasteiger partial charge in [0, 0.05) is 24.4 Å². The van der Waals surface area contributed by atoms with Gasteiger partial charge in [0.25, 0.3) is 0 Å². The predicted molar refractivity (Wildman–Crippen MR) is 111 cm³/mol. The van der Waals surface area contributed by atoms with E-state index in [1.165, 1.54) is 0 Å². The highest BCUT2D eigenvalue weighted by Gasteiger charge is 2.36. The van der Waals surface area contributed by atoms with Gasteiger partial charge in [0.1, 0.15) is 12.1 Å². The minimum Gasteiger partial charge on any atom is -0.755 e. The molecule has 4 N–H and O–H groups in total. The second-order valence-electron chi connectivity index (χ2n) is 7.35. The Morgan fingerprint density at radius 1 is 1.30 bits per heavy atom. The number of hydrogen-bond acceptors (Lipinski definition) is 6. The van der Waals surface area contributed by atoms with Crippen LogP contribution in [0, 0.1) is 0 Å². The highest BCUT2D eigenvalue weighted by molar-refractivity contribution is 7.80. The quantitative estimate of drug-likeness (QED) is 0.483. The SMILES string of the molecule is NCCC[C@@H](NC(=O)CC1C(=O)Nc2ccccc2N1S(=O)[O-])C(=O)N1CCCC1. The molecule has 164 valence electrons. The zero-order chi connectivity index (χ0) is 21.7. The van der Waals surface area contributed by atoms with E-state index in [1.54, 1.807) is 29.2 Å². The molecule has 2 aliphatic rings. The number of rotatable bonds is 8. The van der Waals surface area contributed by atoms with Crippen molar-refractivity contribution in [2.24, 2.45) is 5.73 Å². The van der Waals surface area contributed by atoms with Gasteiger partial charge in [-0.15, -0.1) is 0 Å². The third kappa shape index (κ3) is 4.97. The fourth-order valence-corrected chi connectivity index (χ4v) is 4.49. The Balaban J connectivity index is 1.73. The molecule has 2 unspecified atom stereocenters. The lowest BCUT2D eigenvalue weighted by Crippen LogP contribution is -2.53. The molecule has 3 amide bonds. The molecule has 1 aromatic rings. The maximum atomic E-state index is 12.8. The van der Waals surface area contributed by atoms with E-state index in [2.05, 4.69) is 10.6 Å². The molecule has 1 fully saturated rings. The number of amides is 3. The standard InChI is InChI=1S/C19H27N5O5S/c20-9-5-7-14(19(27)23-10-3-4-11-23)21-17(25)12-16-18(26)22-13-6-1-2-8-15(13)24(16)30(28)29/h1-2,6,8,14,16H,3-5,7,9-12,20H2,(H,21,25)(H,22,26)(H,28,29)/p-1/t14-,16?/m1/s1. The molecule has 3 rings (SSSR count). The highest BCUT2D eigenvalue weighted by atomic mass is 32.2. The van der Waals surface area contributed by atoms with Gasteiger partial charge in [0.05, 0.1) is 17.8 Å². The van der Waals surface area contributed by atoms with Gasteiger partial charge >= 0.3 is 0 Å². The second kappa shape index (κ2) is 10.0. The zero-order valence-electron chi connectivity index (χ0n) is 16.5. The molecule has 0 saturated carbocycles. The van der Waals surface area contributed by atoms with Crippen molar-refractivity contribution in [3.05, 3.63) is 24.3 Å². The number of hydrogen-bond donors (Lipinski definition) is 3. The van der Waals surface area contributed by atoms with Crippen molar-refractivity contribution in [1.29, 1.82) is 0 Å². The van der Waals surface area contributed by atoms with Crippen molar-refractivity contribution in [1.82, 2.24) is 10.2 Å². The molecule has 0 bridgehead atoms. The van der Waals surface area contributed by atoms with Crippen LogP contribution in [0.1, 0.15) is 32.1 Å². The molecule has 30 heavy (non-hydrogen) atoms. The summed E-state index contributed by atoms with van der Waals surface area (Å²) in [5.41, 5.74) is 6.20. The summed E-state index contributed by atoms with van der Waals surface area (Å²) in [6.45, 7) is 1.68. The van der Waals surface area contributed by atoms with Crippen molar-refractivity contribution in [2.75, 3.05) is 29.3 Å². The van der Waals surface area contributed by atoms with E-state index < -0.39 is 41.6 Å². The number of para-hydroxylation sites is 2. The summed E-state index contributed by atoms with van der Waals surface area (Å²) in [6, 6.07) is 4.46. The summed E-state index contributed by atoms with van der Waals surface area (Å²) in [5, 5.41) is 5.32. The van der Waals surface area contributed by atoms with Gasteiger partial charge in [-0.3, -0.25) is 22.9 Å². The van der Waals surface area contributed by atoms with E-state index in [4.69, 9.17) is 5.73 Å². The predicted octanol–water partition coefficient (Wildman–Crippen LogP) is -0.156. The Morgan fingerprint density at radius 3 is 2.67 bits per heavy atom. The Morgan fingerprint density at radius 2 is 2.00 bits per heavy atom. The first-order chi connectivity index (χ1) is 14.4. The average Bonchev–Trinajstić information content (AvgIpc) is 3.25. The topological polar surface area (TPSA) is 148 Å². The summed E-state index contributed by atoms with van der Waals surface area (Å²) in [7, 11) is 0. The Hall–Kier alpha value is -2.50. The third-order valence-electron chi connectivity index (χ3n) is 5.27. The van der Waals surface area contributed by atoms with Crippen LogP contribution in [0.15, 0.2) is 24.3 Å². The van der Waals surface area contributed by atoms with E-state index in [9.17, 15) is 23.1 Å². The highest BCUT2D eigenvalue weighted by Crippen LogP contribution is 2.33. The molecule has 11 heteroatoms. The molecule has 1 aromatic carbocycles. The maximum absolute atomic E-state index is 12.8. The van der Waals surface area contributed by atoms with Crippen molar-refractivity contribution >= 4 is 40.4 Å². The summed E-state index contributed by atoms with van der Waals surface area (Å²) in [4.78, 5) is 39.7. The second-order valence-corrected chi connectivity index (χ2v) is 8.18. The lowest BCUT2D eigenvalue weighted by Gasteiger charge is -2.38. The van der Waals surface area contributed by atoms with E-state index in [0.29, 0.717) is 38.2 Å². The van der Waals surface area contributed by atoms with Crippen LogP contribution in [0.25, 0.3) is 0 Å². The van der Waals surface area contributed by atoms with Crippen molar-refractivity contribution in [2.45, 2.75) is 44.2 Å². The summed E-state index contributed by atoms with van der Waals surface area (Å²) in [6.07, 6.45) is 2.39. The third-order valence-corrected chi connectivity index (χ3v) is 6.04. The van der Waals surface area contributed by atoms with Crippen molar-refractivity contribution < 1.29 is 23.1 Å². The summed E-state index contributed by atoms with van der Waals surface area (Å²) < 4.78 is 24.6. The largest absolute Gasteiger partial charge is 0.755 e. The number of nitrogens with one attached hydrogen (secondary N) is 2. The number of fused-ring (bicyclic) bond motifs is 1. The number of nitrogens with two attached hydrogens (primary N) is 1. The number of benzene rings is 1. The van der Waals surface area contributed by atoms with Gasteiger partial charge < -0.3 is 25.8 Å². The number of anilines is 2. The van der Waals surface area contributed by atoms with Gasteiger partial charge in [-0.2, -0.15) is 0 Å². The summed E-state index contributed by atoms with van der Waals surface area (Å²) >= 11 is -2.76. The van der Waals surface area contributed by atoms with Crippen LogP contribution in [0.2, 0.25) is 0 Å². The summed E-state index contributed by atoms with van der Waals surface area (Å²) in [5.74, 6) is -1.34. The smallest absolute Gasteiger partial charge is 0.248 e. The van der Waals surface area contributed by atoms with Gasteiger partial charge in [0.15, 0.2) is 0 Å². The zero-order valence-corrected chi connectivity index (χ0v) is 17.4. The normalized spacial score (nSPS) is 20.3. The fraction of sp³-hybridized carbons (Fsp3) is 0.526. The molecule has 0 aromatic heterocycles. The van der Waals surface area contributed by atoms with Crippen LogP contribution in [0.3, 0.4) is 0 Å². The van der Waals surface area contributed by atoms with E-state index in [-0.39, 0.29) is 11.6 Å². The number of nitrogens with zero attached hydrogens (tertiary/aromatic N) is 2. The molecule has 2 aliphatic heterocycles. The van der Waals surface area contributed by atoms with Gasteiger partial charge in [-0.1, -0.05) is 12.1 Å². The first-order valence-electron chi connectivity index (χ1n) is 9.99. The van der Waals surface area contributed by atoms with Crippen LogP contribution in [0.5, 0.6) is 0 Å². The van der Waals surface area contributed by atoms with E-state index in [0.717, 1.165) is 17.1 Å². The first kappa shape index (κ1) is 22.2. The van der Waals surface area contributed by atoms with Crippen LogP contribution < -0.4 is 20.7 Å². The molecule has 3 atom stereocenters. The molecule has 2 heterocycles. The Labute approximate surface area is 177 Å². The van der Waals surface area contributed by atoms with Crippen molar-refractivity contribution in [3.63, 3.8) is 0 Å². The van der Waals surface area contributed by atoms with Gasteiger partial charge in [-0.25, -0.2) is 0 Å². The van der Waals surface area contributed by atoms with Crippen molar-refractivity contribution in [3.8, 4) is 0 Å². The van der Waals surface area contributed by atoms with Crippen LogP contribution in [0.4, 0.5) is 11.4 Å². The lowest BCUT2D eigenvalue weighted by molar-refractivity contribution is -0.136. The first-order valence-corrected chi connectivity index (χ1v) is 11.0. The van der Waals surface area contributed by atoms with E-state index in [1.807, 2.05) is 0 Å². The van der Waals surface area contributed by atoms with Gasteiger partial charge in [-0.05, 0) is 44.4 Å². The molecule has 0 radical (unpaired) electrons. The fourth-order valence-electron chi connectivity index (χ4n) is 3.79. The Bertz CT molecular complexity index is 829. The number of carbonyl (C=O) groups excluding carboxylic acids is 3. The monoisotopic (exact) mass is 436 g/mol. The van der Waals surface area contributed by atoms with Crippen LogP contribution in [-0.4, -0.2) is 63.1 Å². The minimum atomic E-state index is -2.76. The lowest BCUT2D eigenvalue weighted by atomic mass is 10.1. The maximum Gasteiger partial charge on any atom is 0.248 e. The number of carbonyl (C=O) groups is 3. The molecule has 10 nitrogen and oxygen atoms in total. The minimum absolute atomic E-state index is 0.169. The molecule has 0 spiro atoms. The molecule has 0 aliphatic carbocycles. The molecular formula is C19H26N5O5S-. The molecule has 1 saturated heterocycles.